The Morgan fingerprint density at radius 2 is 1.40 bits per heavy atom. The average molecular weight is 412 g/mol. The Morgan fingerprint density at radius 1 is 0.867 bits per heavy atom. The summed E-state index contributed by atoms with van der Waals surface area (Å²) in [7, 11) is 4.69. The largest absolute Gasteiger partial charge is 0.493 e. The van der Waals surface area contributed by atoms with Gasteiger partial charge in [0.2, 0.25) is 11.7 Å². The molecule has 5 nitrogen and oxygen atoms in total. The van der Waals surface area contributed by atoms with Crippen molar-refractivity contribution in [2.45, 2.75) is 39.7 Å². The quantitative estimate of drug-likeness (QED) is 0.564. The summed E-state index contributed by atoms with van der Waals surface area (Å²) >= 11 is 0. The molecule has 0 bridgehead atoms. The van der Waals surface area contributed by atoms with Gasteiger partial charge < -0.3 is 19.5 Å². The van der Waals surface area contributed by atoms with Crippen LogP contribution in [0.2, 0.25) is 0 Å². The van der Waals surface area contributed by atoms with Crippen molar-refractivity contribution in [1.29, 1.82) is 0 Å². The van der Waals surface area contributed by atoms with Crippen molar-refractivity contribution in [2.75, 3.05) is 21.3 Å². The third-order valence-corrected chi connectivity index (χ3v) is 5.04. The van der Waals surface area contributed by atoms with Gasteiger partial charge in [0.05, 0.1) is 27.4 Å². The van der Waals surface area contributed by atoms with Gasteiger partial charge in [0.15, 0.2) is 11.5 Å². The van der Waals surface area contributed by atoms with E-state index < -0.39 is 0 Å². The summed E-state index contributed by atoms with van der Waals surface area (Å²) in [6.07, 6.45) is 3.26. The van der Waals surface area contributed by atoms with Crippen LogP contribution in [-0.2, 0) is 4.79 Å². The Hall–Kier alpha value is -2.95. The van der Waals surface area contributed by atoms with Gasteiger partial charge in [-0.05, 0) is 46.7 Å². The van der Waals surface area contributed by atoms with Gasteiger partial charge in [-0.1, -0.05) is 52.0 Å². The first-order valence-electron chi connectivity index (χ1n) is 10.2. The van der Waals surface area contributed by atoms with Crippen LogP contribution in [0.5, 0.6) is 17.2 Å². The monoisotopic (exact) mass is 411 g/mol. The van der Waals surface area contributed by atoms with E-state index >= 15 is 0 Å². The molecule has 0 aromatic heterocycles. The highest BCUT2D eigenvalue weighted by atomic mass is 16.5. The van der Waals surface area contributed by atoms with Crippen molar-refractivity contribution in [3.8, 4) is 17.2 Å². The molecule has 1 amide bonds. The number of hydrogen-bond donors (Lipinski definition) is 1. The summed E-state index contributed by atoms with van der Waals surface area (Å²) in [6, 6.07) is 12.0. The van der Waals surface area contributed by atoms with E-state index in [0.717, 1.165) is 11.1 Å². The number of rotatable bonds is 9. The number of ether oxygens (including phenoxy) is 3. The number of amides is 1. The van der Waals surface area contributed by atoms with E-state index in [1.807, 2.05) is 0 Å². The van der Waals surface area contributed by atoms with E-state index in [-0.39, 0.29) is 17.9 Å². The fourth-order valence-electron chi connectivity index (χ4n) is 3.29. The van der Waals surface area contributed by atoms with E-state index in [1.165, 1.54) is 11.6 Å². The summed E-state index contributed by atoms with van der Waals surface area (Å²) < 4.78 is 16.1. The number of benzene rings is 2. The minimum absolute atomic E-state index is 0.0664. The predicted octanol–water partition coefficient (Wildman–Crippen LogP) is 5.36. The summed E-state index contributed by atoms with van der Waals surface area (Å²) in [6.45, 7) is 8.55. The highest BCUT2D eigenvalue weighted by Crippen LogP contribution is 2.38. The Kier molecular flexibility index (Phi) is 8.34. The maximum Gasteiger partial charge on any atom is 0.244 e. The van der Waals surface area contributed by atoms with Gasteiger partial charge in [0, 0.05) is 6.08 Å². The molecule has 0 heterocycles. The van der Waals surface area contributed by atoms with Crippen LogP contribution in [0.3, 0.4) is 0 Å². The van der Waals surface area contributed by atoms with E-state index in [4.69, 9.17) is 14.2 Å². The minimum Gasteiger partial charge on any atom is -0.493 e. The van der Waals surface area contributed by atoms with E-state index in [2.05, 4.69) is 57.3 Å². The molecule has 5 heteroatoms. The Bertz CT molecular complexity index is 844. The Balaban J connectivity index is 2.18. The molecule has 0 aliphatic rings. The number of hydrogen-bond acceptors (Lipinski definition) is 4. The molecule has 0 fully saturated rings. The second-order valence-corrected chi connectivity index (χ2v) is 7.84. The van der Waals surface area contributed by atoms with E-state index in [1.54, 1.807) is 39.5 Å². The molecule has 0 radical (unpaired) electrons. The van der Waals surface area contributed by atoms with Gasteiger partial charge in [-0.25, -0.2) is 0 Å². The molecule has 2 aromatic rings. The van der Waals surface area contributed by atoms with Gasteiger partial charge in [-0.15, -0.1) is 0 Å². The third-order valence-electron chi connectivity index (χ3n) is 5.04. The molecule has 2 rings (SSSR count). The van der Waals surface area contributed by atoms with E-state index in [0.29, 0.717) is 23.2 Å². The standard InChI is InChI=1S/C25H33NO4/c1-16(2)19-9-11-20(12-10-19)24(17(3)4)26-23(27)13-8-18-14-21(28-5)25(30-7)22(15-18)29-6/h8-17,24H,1-7H3,(H,26,27)/b13-8+/t24-/m0/s1. The van der Waals surface area contributed by atoms with Crippen LogP contribution < -0.4 is 19.5 Å². The van der Waals surface area contributed by atoms with Crippen LogP contribution in [0.1, 0.15) is 56.3 Å². The first kappa shape index (κ1) is 23.3. The molecule has 162 valence electrons. The number of nitrogens with one attached hydrogen (secondary N) is 1. The molecule has 0 unspecified atom stereocenters. The molecule has 0 spiro atoms. The fraction of sp³-hybridized carbons (Fsp3) is 0.400. The van der Waals surface area contributed by atoms with Gasteiger partial charge in [0.1, 0.15) is 0 Å². The van der Waals surface area contributed by atoms with Crippen molar-refractivity contribution in [1.82, 2.24) is 5.32 Å². The van der Waals surface area contributed by atoms with Crippen LogP contribution in [0.15, 0.2) is 42.5 Å². The van der Waals surface area contributed by atoms with Crippen molar-refractivity contribution in [3.63, 3.8) is 0 Å². The van der Waals surface area contributed by atoms with Crippen LogP contribution in [-0.4, -0.2) is 27.2 Å². The van der Waals surface area contributed by atoms with Gasteiger partial charge in [0.25, 0.3) is 0 Å². The second-order valence-electron chi connectivity index (χ2n) is 7.84. The van der Waals surface area contributed by atoms with Crippen LogP contribution in [0.4, 0.5) is 0 Å². The summed E-state index contributed by atoms with van der Waals surface area (Å²) in [5, 5.41) is 3.12. The molecule has 2 aromatic carbocycles. The first-order valence-corrected chi connectivity index (χ1v) is 10.2. The maximum atomic E-state index is 12.6. The molecule has 0 aliphatic carbocycles. The molecule has 0 saturated heterocycles. The van der Waals surface area contributed by atoms with Gasteiger partial charge in [-0.3, -0.25) is 4.79 Å². The molecular formula is C25H33NO4. The summed E-state index contributed by atoms with van der Waals surface area (Å²) in [5.74, 6) is 2.19. The van der Waals surface area contributed by atoms with Crippen molar-refractivity contribution in [3.05, 3.63) is 59.2 Å². The molecule has 1 atom stereocenters. The Morgan fingerprint density at radius 3 is 1.83 bits per heavy atom. The highest BCUT2D eigenvalue weighted by molar-refractivity contribution is 5.92. The smallest absolute Gasteiger partial charge is 0.244 e. The SMILES string of the molecule is COc1cc(/C=C/C(=O)N[C@H](c2ccc(C(C)C)cc2)C(C)C)cc(OC)c1OC. The van der Waals surface area contributed by atoms with Gasteiger partial charge in [-0.2, -0.15) is 0 Å². The number of carbonyl (C=O) groups excluding carboxylic acids is 1. The van der Waals surface area contributed by atoms with Crippen LogP contribution >= 0.6 is 0 Å². The molecule has 1 N–H and O–H groups in total. The molecule has 30 heavy (non-hydrogen) atoms. The maximum absolute atomic E-state index is 12.6. The van der Waals surface area contributed by atoms with Crippen LogP contribution in [0.25, 0.3) is 6.08 Å². The topological polar surface area (TPSA) is 56.8 Å². The zero-order chi connectivity index (χ0) is 22.3. The predicted molar refractivity (Wildman–Crippen MR) is 121 cm³/mol. The lowest BCUT2D eigenvalue weighted by molar-refractivity contribution is -0.117. The highest BCUT2D eigenvalue weighted by Gasteiger charge is 2.18. The van der Waals surface area contributed by atoms with Crippen molar-refractivity contribution >= 4 is 12.0 Å². The fourth-order valence-corrected chi connectivity index (χ4v) is 3.29. The second kappa shape index (κ2) is 10.7. The van der Waals surface area contributed by atoms with Crippen molar-refractivity contribution < 1.29 is 19.0 Å². The van der Waals surface area contributed by atoms with Crippen molar-refractivity contribution in [2.24, 2.45) is 5.92 Å². The average Bonchev–Trinajstić information content (AvgIpc) is 2.74. The van der Waals surface area contributed by atoms with Gasteiger partial charge >= 0.3 is 0 Å². The lowest BCUT2D eigenvalue weighted by Gasteiger charge is -2.23. The number of methoxy groups -OCH3 is 3. The summed E-state index contributed by atoms with van der Waals surface area (Å²) in [4.78, 5) is 12.6. The molecule has 0 aliphatic heterocycles. The molecule has 0 saturated carbocycles. The summed E-state index contributed by atoms with van der Waals surface area (Å²) in [5.41, 5.74) is 3.17. The van der Waals surface area contributed by atoms with Crippen LogP contribution in [0, 0.1) is 5.92 Å². The zero-order valence-corrected chi connectivity index (χ0v) is 19.0. The Labute approximate surface area is 180 Å². The molecular weight excluding hydrogens is 378 g/mol. The lowest BCUT2D eigenvalue weighted by atomic mass is 9.93. The van der Waals surface area contributed by atoms with E-state index in [9.17, 15) is 4.79 Å². The lowest BCUT2D eigenvalue weighted by Crippen LogP contribution is -2.30. The minimum atomic E-state index is -0.157. The number of carbonyl (C=O) groups is 1. The third kappa shape index (κ3) is 5.78. The normalized spacial score (nSPS) is 12.3. The zero-order valence-electron chi connectivity index (χ0n) is 19.0. The first-order chi connectivity index (χ1) is 14.3.